The number of nitrogens with zero attached hydrogens (tertiary/aromatic N) is 1. The third-order valence-electron chi connectivity index (χ3n) is 3.59. The summed E-state index contributed by atoms with van der Waals surface area (Å²) in [5.41, 5.74) is -0.550. The number of aromatic nitrogens is 1. The number of hydrogen-bond acceptors (Lipinski definition) is 5. The molecule has 0 saturated carbocycles. The van der Waals surface area contributed by atoms with E-state index in [2.05, 4.69) is 4.98 Å². The molecule has 132 valence electrons. The fraction of sp³-hybridized carbons (Fsp3) is 0.200. The van der Waals surface area contributed by atoms with E-state index in [1.807, 2.05) is 4.72 Å². The molecule has 0 spiro atoms. The second-order valence-corrected chi connectivity index (χ2v) is 6.88. The maximum atomic E-state index is 12.5. The van der Waals surface area contributed by atoms with E-state index < -0.39 is 38.6 Å². The zero-order valence-corrected chi connectivity index (χ0v) is 13.3. The molecule has 25 heavy (non-hydrogen) atoms. The fourth-order valence-electron chi connectivity index (χ4n) is 2.34. The van der Waals surface area contributed by atoms with E-state index in [-0.39, 0.29) is 6.61 Å². The molecule has 10 heteroatoms. The van der Waals surface area contributed by atoms with Crippen molar-refractivity contribution in [1.82, 2.24) is 9.71 Å². The highest BCUT2D eigenvalue weighted by Gasteiger charge is 2.34. The van der Waals surface area contributed by atoms with Gasteiger partial charge in [0.15, 0.2) is 5.03 Å². The Hall–Kier alpha value is -2.62. The molecule has 1 unspecified atom stereocenters. The molecule has 6 nitrogen and oxygen atoms in total. The van der Waals surface area contributed by atoms with Gasteiger partial charge in [-0.05, 0) is 18.2 Å². The minimum atomic E-state index is -4.64. The van der Waals surface area contributed by atoms with Gasteiger partial charge in [0.25, 0.3) is 10.0 Å². The van der Waals surface area contributed by atoms with Gasteiger partial charge in [0.2, 0.25) is 5.91 Å². The molecule has 0 radical (unpaired) electrons. The van der Waals surface area contributed by atoms with Crippen LogP contribution in [0.1, 0.15) is 17.0 Å². The molecule has 1 atom stereocenters. The van der Waals surface area contributed by atoms with Crippen LogP contribution in [0, 0.1) is 0 Å². The lowest BCUT2D eigenvalue weighted by Crippen LogP contribution is -2.35. The van der Waals surface area contributed by atoms with Crippen molar-refractivity contribution in [2.75, 3.05) is 6.61 Å². The van der Waals surface area contributed by atoms with Crippen molar-refractivity contribution in [3.8, 4) is 5.75 Å². The number of para-hydroxylation sites is 1. The molecule has 0 aliphatic carbocycles. The molecule has 1 N–H and O–H groups in total. The number of sulfonamides is 1. The number of halogens is 3. The Morgan fingerprint density at radius 2 is 1.92 bits per heavy atom. The number of fused-ring (bicyclic) bond motifs is 1. The third-order valence-corrected chi connectivity index (χ3v) is 4.85. The van der Waals surface area contributed by atoms with Crippen molar-refractivity contribution < 1.29 is 31.1 Å². The Kier molecular flexibility index (Phi) is 4.15. The SMILES string of the molecule is O=C(NS(=O)(=O)c1ccc(C(F)(F)F)cn1)C1COc2ccccc21. The van der Waals surface area contributed by atoms with E-state index in [0.29, 0.717) is 29.6 Å². The zero-order chi connectivity index (χ0) is 18.2. The molecule has 3 rings (SSSR count). The van der Waals surface area contributed by atoms with E-state index in [1.165, 1.54) is 0 Å². The first-order chi connectivity index (χ1) is 11.7. The van der Waals surface area contributed by atoms with Gasteiger partial charge in [0.05, 0.1) is 5.56 Å². The van der Waals surface area contributed by atoms with E-state index in [1.54, 1.807) is 24.3 Å². The zero-order valence-electron chi connectivity index (χ0n) is 12.4. The van der Waals surface area contributed by atoms with E-state index in [9.17, 15) is 26.4 Å². The summed E-state index contributed by atoms with van der Waals surface area (Å²) in [6, 6.07) is 7.95. The lowest BCUT2D eigenvalue weighted by Gasteiger charge is -2.11. The van der Waals surface area contributed by atoms with Gasteiger partial charge < -0.3 is 4.74 Å². The minimum absolute atomic E-state index is 0.0266. The summed E-state index contributed by atoms with van der Waals surface area (Å²) in [6.07, 6.45) is -4.24. The predicted octanol–water partition coefficient (Wildman–Crippen LogP) is 2.08. The van der Waals surface area contributed by atoms with Crippen molar-refractivity contribution in [2.24, 2.45) is 0 Å². The van der Waals surface area contributed by atoms with Gasteiger partial charge >= 0.3 is 6.18 Å². The van der Waals surface area contributed by atoms with E-state index in [4.69, 9.17) is 4.74 Å². The molecular weight excluding hydrogens is 361 g/mol. The van der Waals surface area contributed by atoms with Crippen molar-refractivity contribution in [1.29, 1.82) is 0 Å². The van der Waals surface area contributed by atoms with Crippen molar-refractivity contribution in [3.63, 3.8) is 0 Å². The van der Waals surface area contributed by atoms with Crippen LogP contribution in [-0.2, 0) is 21.0 Å². The predicted molar refractivity (Wildman–Crippen MR) is 79.2 cm³/mol. The first-order valence-electron chi connectivity index (χ1n) is 7.00. The molecule has 2 heterocycles. The van der Waals surface area contributed by atoms with Crippen molar-refractivity contribution in [3.05, 3.63) is 53.7 Å². The van der Waals surface area contributed by atoms with Crippen molar-refractivity contribution in [2.45, 2.75) is 17.1 Å². The number of amides is 1. The van der Waals surface area contributed by atoms with Crippen molar-refractivity contribution >= 4 is 15.9 Å². The van der Waals surface area contributed by atoms with Crippen LogP contribution in [0.2, 0.25) is 0 Å². The summed E-state index contributed by atoms with van der Waals surface area (Å²) in [7, 11) is -4.40. The summed E-state index contributed by atoms with van der Waals surface area (Å²) in [5, 5.41) is -0.680. The smallest absolute Gasteiger partial charge is 0.417 e. The Labute approximate surface area is 140 Å². The van der Waals surface area contributed by atoms with Gasteiger partial charge in [-0.15, -0.1) is 0 Å². The van der Waals surface area contributed by atoms with Gasteiger partial charge in [0, 0.05) is 11.8 Å². The highest BCUT2D eigenvalue weighted by atomic mass is 32.2. The van der Waals surface area contributed by atoms with Crippen LogP contribution in [0.4, 0.5) is 13.2 Å². The highest BCUT2D eigenvalue weighted by Crippen LogP contribution is 2.34. The van der Waals surface area contributed by atoms with Gasteiger partial charge in [-0.2, -0.15) is 21.6 Å². The van der Waals surface area contributed by atoms with Gasteiger partial charge in [-0.25, -0.2) is 9.71 Å². The van der Waals surface area contributed by atoms with Crippen LogP contribution in [0.5, 0.6) is 5.75 Å². The molecule has 1 aliphatic heterocycles. The standard InChI is InChI=1S/C15H11F3N2O4S/c16-15(17,18)9-5-6-13(19-7-9)25(22,23)20-14(21)11-8-24-12-4-2-1-3-10(11)12/h1-7,11H,8H2,(H,20,21). The average molecular weight is 372 g/mol. The molecule has 1 aromatic heterocycles. The number of ether oxygens (including phenoxy) is 1. The fourth-order valence-corrected chi connectivity index (χ4v) is 3.29. The molecule has 2 aromatic rings. The first-order valence-corrected chi connectivity index (χ1v) is 8.48. The maximum Gasteiger partial charge on any atom is 0.417 e. The molecule has 1 amide bonds. The molecule has 0 fully saturated rings. The number of alkyl halides is 3. The van der Waals surface area contributed by atoms with Crippen LogP contribution in [-0.4, -0.2) is 25.9 Å². The number of hydrogen-bond donors (Lipinski definition) is 1. The highest BCUT2D eigenvalue weighted by molar-refractivity contribution is 7.90. The number of rotatable bonds is 3. The third kappa shape index (κ3) is 3.43. The molecule has 0 bridgehead atoms. The van der Waals surface area contributed by atoms with Crippen LogP contribution in [0.15, 0.2) is 47.6 Å². The molecule has 0 saturated heterocycles. The lowest BCUT2D eigenvalue weighted by atomic mass is 10.0. The lowest BCUT2D eigenvalue weighted by molar-refractivity contribution is -0.137. The van der Waals surface area contributed by atoms with Crippen LogP contribution in [0.3, 0.4) is 0 Å². The normalized spacial score (nSPS) is 16.8. The summed E-state index contributed by atoms with van der Waals surface area (Å²) in [5.74, 6) is -1.19. The van der Waals surface area contributed by atoms with Crippen LogP contribution < -0.4 is 9.46 Å². The topological polar surface area (TPSA) is 85.4 Å². The Bertz CT molecular complexity index is 911. The number of pyridine rings is 1. The Morgan fingerprint density at radius 1 is 1.20 bits per heavy atom. The Balaban J connectivity index is 1.79. The minimum Gasteiger partial charge on any atom is -0.492 e. The second kappa shape index (κ2) is 6.03. The van der Waals surface area contributed by atoms with Gasteiger partial charge in [-0.1, -0.05) is 18.2 Å². The van der Waals surface area contributed by atoms with E-state index in [0.717, 1.165) is 0 Å². The summed E-state index contributed by atoms with van der Waals surface area (Å²) in [6.45, 7) is -0.0266. The maximum absolute atomic E-state index is 12.5. The molecule has 1 aromatic carbocycles. The summed E-state index contributed by atoms with van der Waals surface area (Å²) >= 11 is 0. The monoisotopic (exact) mass is 372 g/mol. The summed E-state index contributed by atoms with van der Waals surface area (Å²) < 4.78 is 68.9. The van der Waals surface area contributed by atoms with Gasteiger partial charge in [0.1, 0.15) is 18.3 Å². The molecule has 1 aliphatic rings. The van der Waals surface area contributed by atoms with E-state index >= 15 is 0 Å². The average Bonchev–Trinajstić information content (AvgIpc) is 2.98. The largest absolute Gasteiger partial charge is 0.492 e. The number of carbonyl (C=O) groups is 1. The van der Waals surface area contributed by atoms with Crippen LogP contribution in [0.25, 0.3) is 0 Å². The summed E-state index contributed by atoms with van der Waals surface area (Å²) in [4.78, 5) is 15.5. The first kappa shape index (κ1) is 17.2. The number of benzene rings is 1. The van der Waals surface area contributed by atoms with Gasteiger partial charge in [-0.3, -0.25) is 4.79 Å². The molecular formula is C15H11F3N2O4S. The Morgan fingerprint density at radius 3 is 2.56 bits per heavy atom. The second-order valence-electron chi connectivity index (χ2n) is 5.25. The number of carbonyl (C=O) groups excluding carboxylic acids is 1. The number of nitrogens with one attached hydrogen (secondary N) is 1. The quantitative estimate of drug-likeness (QED) is 0.892. The van der Waals surface area contributed by atoms with Crippen LogP contribution >= 0.6 is 0 Å².